The topological polar surface area (TPSA) is 94.2 Å². The number of benzene rings is 2. The number of alkyl halides is 3. The second-order valence-corrected chi connectivity index (χ2v) is 7.24. The van der Waals surface area contributed by atoms with Gasteiger partial charge in [-0.05, 0) is 30.2 Å². The van der Waals surface area contributed by atoms with Crippen LogP contribution >= 0.6 is 0 Å². The molecule has 1 aliphatic heterocycles. The Morgan fingerprint density at radius 3 is 2.39 bits per heavy atom. The minimum atomic E-state index is -4.92. The smallest absolute Gasteiger partial charge is 0.471 e. The summed E-state index contributed by atoms with van der Waals surface area (Å²) in [6.45, 7) is 2.89. The van der Waals surface area contributed by atoms with Gasteiger partial charge in [0.05, 0.1) is 0 Å². The van der Waals surface area contributed by atoms with Crippen LogP contribution in [0.4, 0.5) is 18.9 Å². The molecule has 3 rings (SSSR count). The first-order chi connectivity index (χ1) is 15.5. The highest BCUT2D eigenvalue weighted by Crippen LogP contribution is 2.35. The van der Waals surface area contributed by atoms with Crippen molar-refractivity contribution >= 4 is 23.5 Å². The van der Waals surface area contributed by atoms with Crippen molar-refractivity contribution in [2.24, 2.45) is 0 Å². The molecular weight excluding hydrogens is 445 g/mol. The number of nitrogens with zero attached hydrogens (tertiary/aromatic N) is 1. The SMILES string of the molecule is CC(=O)Oc1ccc(N2COc3ccc(CCNC(=O)C(F)(F)F)cc3C2)cc1OC(C)=O. The molecule has 11 heteroatoms. The number of carbonyl (C=O) groups is 3. The molecule has 0 spiro atoms. The molecule has 8 nitrogen and oxygen atoms in total. The van der Waals surface area contributed by atoms with Crippen LogP contribution in [0.15, 0.2) is 36.4 Å². The summed E-state index contributed by atoms with van der Waals surface area (Å²) in [6, 6.07) is 9.97. The first-order valence-corrected chi connectivity index (χ1v) is 9.88. The fourth-order valence-electron chi connectivity index (χ4n) is 3.21. The molecule has 1 N–H and O–H groups in total. The van der Waals surface area contributed by atoms with Crippen LogP contribution in [0.3, 0.4) is 0 Å². The lowest BCUT2D eigenvalue weighted by Gasteiger charge is -2.31. The van der Waals surface area contributed by atoms with E-state index in [9.17, 15) is 27.6 Å². The highest BCUT2D eigenvalue weighted by Gasteiger charge is 2.38. The number of ether oxygens (including phenoxy) is 3. The van der Waals surface area contributed by atoms with Gasteiger partial charge in [-0.15, -0.1) is 0 Å². The third kappa shape index (κ3) is 6.37. The van der Waals surface area contributed by atoms with Gasteiger partial charge in [0.15, 0.2) is 18.2 Å². The highest BCUT2D eigenvalue weighted by atomic mass is 19.4. The molecule has 2 aromatic carbocycles. The van der Waals surface area contributed by atoms with E-state index in [4.69, 9.17) is 14.2 Å². The van der Waals surface area contributed by atoms with Crippen LogP contribution in [0.2, 0.25) is 0 Å². The number of carbonyl (C=O) groups excluding carboxylic acids is 3. The Labute approximate surface area is 187 Å². The zero-order valence-corrected chi connectivity index (χ0v) is 17.8. The second-order valence-electron chi connectivity index (χ2n) is 7.24. The minimum absolute atomic E-state index is 0.0788. The maximum absolute atomic E-state index is 12.3. The predicted molar refractivity (Wildman–Crippen MR) is 110 cm³/mol. The van der Waals surface area contributed by atoms with Gasteiger partial charge < -0.3 is 24.4 Å². The number of anilines is 1. The number of hydrogen-bond acceptors (Lipinski definition) is 7. The molecule has 2 aromatic rings. The fourth-order valence-corrected chi connectivity index (χ4v) is 3.21. The van der Waals surface area contributed by atoms with Crippen molar-refractivity contribution in [3.63, 3.8) is 0 Å². The molecule has 0 unspecified atom stereocenters. The lowest BCUT2D eigenvalue weighted by Crippen LogP contribution is -2.37. The summed E-state index contributed by atoms with van der Waals surface area (Å²) in [5.74, 6) is -2.31. The highest BCUT2D eigenvalue weighted by molar-refractivity contribution is 5.81. The summed E-state index contributed by atoms with van der Waals surface area (Å²) in [5, 5.41) is 1.84. The fraction of sp³-hybridized carbons (Fsp3) is 0.318. The number of fused-ring (bicyclic) bond motifs is 1. The van der Waals surface area contributed by atoms with Crippen LogP contribution in [0.5, 0.6) is 17.2 Å². The first kappa shape index (κ1) is 23.9. The number of esters is 2. The van der Waals surface area contributed by atoms with Crippen LogP contribution in [-0.4, -0.2) is 37.3 Å². The van der Waals surface area contributed by atoms with Crippen molar-refractivity contribution in [2.45, 2.75) is 33.0 Å². The molecule has 1 heterocycles. The Kier molecular flexibility index (Phi) is 7.10. The van der Waals surface area contributed by atoms with Crippen LogP contribution in [0, 0.1) is 0 Å². The van der Waals surface area contributed by atoms with E-state index >= 15 is 0 Å². The summed E-state index contributed by atoms with van der Waals surface area (Å²) >= 11 is 0. The molecule has 0 bridgehead atoms. The quantitative estimate of drug-likeness (QED) is 0.517. The van der Waals surface area contributed by atoms with Gasteiger partial charge in [0, 0.05) is 44.3 Å². The first-order valence-electron chi connectivity index (χ1n) is 9.88. The monoisotopic (exact) mass is 466 g/mol. The average Bonchev–Trinajstić information content (AvgIpc) is 2.73. The third-order valence-corrected chi connectivity index (χ3v) is 4.62. The number of amides is 1. The molecule has 0 fully saturated rings. The lowest BCUT2D eigenvalue weighted by atomic mass is 10.1. The summed E-state index contributed by atoms with van der Waals surface area (Å²) < 4.78 is 52.9. The van der Waals surface area contributed by atoms with Crippen molar-refractivity contribution in [3.05, 3.63) is 47.5 Å². The molecule has 1 aliphatic rings. The summed E-state index contributed by atoms with van der Waals surface area (Å²) in [6.07, 6.45) is -4.71. The van der Waals surface area contributed by atoms with Crippen molar-refractivity contribution in [2.75, 3.05) is 18.2 Å². The standard InChI is InChI=1S/C22H21F3N2O6/c1-13(28)32-19-6-4-17(10-20(19)33-14(2)29)27-11-16-9-15(3-5-18(16)31-12-27)7-8-26-21(30)22(23,24)25/h3-6,9-10H,7-8,11-12H2,1-2H3,(H,26,30). The maximum Gasteiger partial charge on any atom is 0.471 e. The van der Waals surface area contributed by atoms with Crippen LogP contribution in [0.1, 0.15) is 25.0 Å². The van der Waals surface area contributed by atoms with E-state index in [-0.39, 0.29) is 31.2 Å². The molecule has 176 valence electrons. The minimum Gasteiger partial charge on any atom is -0.473 e. The van der Waals surface area contributed by atoms with Gasteiger partial charge in [0.25, 0.3) is 0 Å². The van der Waals surface area contributed by atoms with Gasteiger partial charge in [0.2, 0.25) is 0 Å². The third-order valence-electron chi connectivity index (χ3n) is 4.62. The number of hydrogen-bond donors (Lipinski definition) is 1. The van der Waals surface area contributed by atoms with E-state index in [1.807, 2.05) is 10.2 Å². The molecule has 0 atom stereocenters. The van der Waals surface area contributed by atoms with Crippen LogP contribution < -0.4 is 24.4 Å². The van der Waals surface area contributed by atoms with E-state index < -0.39 is 24.0 Å². The van der Waals surface area contributed by atoms with E-state index in [0.717, 1.165) is 11.1 Å². The molecule has 0 radical (unpaired) electrons. The van der Waals surface area contributed by atoms with Crippen molar-refractivity contribution in [3.8, 4) is 17.2 Å². The average molecular weight is 466 g/mol. The van der Waals surface area contributed by atoms with Gasteiger partial charge >= 0.3 is 24.0 Å². The Bertz CT molecular complexity index is 1070. The Balaban J connectivity index is 1.73. The molecular formula is C22H21F3N2O6. The summed E-state index contributed by atoms with van der Waals surface area (Å²) in [4.78, 5) is 35.5. The van der Waals surface area contributed by atoms with E-state index in [1.54, 1.807) is 30.3 Å². The normalized spacial score (nSPS) is 12.9. The summed E-state index contributed by atoms with van der Waals surface area (Å²) in [7, 11) is 0. The van der Waals surface area contributed by atoms with E-state index in [1.165, 1.54) is 19.9 Å². The van der Waals surface area contributed by atoms with E-state index in [0.29, 0.717) is 18.0 Å². The largest absolute Gasteiger partial charge is 0.473 e. The van der Waals surface area contributed by atoms with Gasteiger partial charge in [-0.25, -0.2) is 0 Å². The molecule has 0 saturated heterocycles. The van der Waals surface area contributed by atoms with Gasteiger partial charge in [-0.2, -0.15) is 13.2 Å². The Morgan fingerprint density at radius 2 is 1.73 bits per heavy atom. The number of rotatable bonds is 6. The molecule has 33 heavy (non-hydrogen) atoms. The second kappa shape index (κ2) is 9.80. The molecule has 0 aromatic heterocycles. The van der Waals surface area contributed by atoms with Gasteiger partial charge in [0.1, 0.15) is 5.75 Å². The van der Waals surface area contributed by atoms with Crippen LogP contribution in [-0.2, 0) is 27.3 Å². The maximum atomic E-state index is 12.3. The number of nitrogens with one attached hydrogen (secondary N) is 1. The van der Waals surface area contributed by atoms with Gasteiger partial charge in [-0.3, -0.25) is 14.4 Å². The van der Waals surface area contributed by atoms with Crippen LogP contribution in [0.25, 0.3) is 0 Å². The zero-order chi connectivity index (χ0) is 24.2. The number of halogens is 3. The van der Waals surface area contributed by atoms with Crippen molar-refractivity contribution < 1.29 is 41.8 Å². The Hall–Kier alpha value is -3.76. The molecule has 0 saturated carbocycles. The van der Waals surface area contributed by atoms with Crippen molar-refractivity contribution in [1.29, 1.82) is 0 Å². The molecule has 1 amide bonds. The summed E-state index contributed by atoms with van der Waals surface area (Å²) in [5.41, 5.74) is 2.15. The van der Waals surface area contributed by atoms with Crippen molar-refractivity contribution in [1.82, 2.24) is 5.32 Å². The van der Waals surface area contributed by atoms with Gasteiger partial charge in [-0.1, -0.05) is 12.1 Å². The zero-order valence-electron chi connectivity index (χ0n) is 17.8. The predicted octanol–water partition coefficient (Wildman–Crippen LogP) is 3.11. The Morgan fingerprint density at radius 1 is 1.03 bits per heavy atom. The molecule has 0 aliphatic carbocycles. The van der Waals surface area contributed by atoms with E-state index in [2.05, 4.69) is 0 Å². The lowest BCUT2D eigenvalue weighted by molar-refractivity contribution is -0.173.